The first-order valence-corrected chi connectivity index (χ1v) is 8.27. The van der Waals surface area contributed by atoms with E-state index in [-0.39, 0.29) is 5.11 Å². The fourth-order valence-corrected chi connectivity index (χ4v) is 4.07. The van der Waals surface area contributed by atoms with Crippen molar-refractivity contribution in [3.63, 3.8) is 0 Å². The van der Waals surface area contributed by atoms with Gasteiger partial charge >= 0.3 is 0 Å². The lowest BCUT2D eigenvalue weighted by atomic mass is 10.3. The maximum absolute atomic E-state index is 5.57. The van der Waals surface area contributed by atoms with Crippen molar-refractivity contribution in [2.75, 3.05) is 5.32 Å². The molecule has 2 aromatic heterocycles. The average Bonchev–Trinajstić information content (AvgIpc) is 2.83. The number of nitrogens with one attached hydrogen (secondary N) is 1. The number of hydrogen-bond acceptors (Lipinski definition) is 5. The molecular formula is C14H12N4S3. The summed E-state index contributed by atoms with van der Waals surface area (Å²) >= 11 is 8.13. The minimum Gasteiger partial charge on any atom is -0.376 e. The molecular weight excluding hydrogens is 320 g/mol. The molecule has 0 amide bonds. The third kappa shape index (κ3) is 2.99. The van der Waals surface area contributed by atoms with Crippen LogP contribution in [0.15, 0.2) is 45.9 Å². The lowest BCUT2D eigenvalue weighted by molar-refractivity contribution is 1.10. The zero-order valence-corrected chi connectivity index (χ0v) is 13.6. The van der Waals surface area contributed by atoms with Gasteiger partial charge in [0.05, 0.1) is 5.69 Å². The molecule has 0 saturated heterocycles. The van der Waals surface area contributed by atoms with Gasteiger partial charge in [0, 0.05) is 10.3 Å². The monoisotopic (exact) mass is 332 g/mol. The van der Waals surface area contributed by atoms with Crippen LogP contribution in [0.3, 0.4) is 0 Å². The lowest BCUT2D eigenvalue weighted by Crippen LogP contribution is -2.19. The smallest absolute Gasteiger partial charge is 0.168 e. The highest BCUT2D eigenvalue weighted by molar-refractivity contribution is 7.99. The average molecular weight is 332 g/mol. The normalized spacial score (nSPS) is 10.7. The maximum Gasteiger partial charge on any atom is 0.168 e. The molecule has 2 heterocycles. The Morgan fingerprint density at radius 2 is 2.14 bits per heavy atom. The summed E-state index contributed by atoms with van der Waals surface area (Å²) < 4.78 is 0. The number of hydrogen-bond donors (Lipinski definition) is 2. The molecule has 7 heteroatoms. The van der Waals surface area contributed by atoms with Gasteiger partial charge in [-0.05, 0) is 42.2 Å². The van der Waals surface area contributed by atoms with Crippen LogP contribution in [0.4, 0.5) is 5.69 Å². The molecule has 0 aliphatic rings. The zero-order chi connectivity index (χ0) is 14.8. The summed E-state index contributed by atoms with van der Waals surface area (Å²) in [5, 5.41) is 7.40. The number of nitrogens with zero attached hydrogens (tertiary/aromatic N) is 2. The Labute approximate surface area is 135 Å². The minimum atomic E-state index is 0.252. The summed E-state index contributed by atoms with van der Waals surface area (Å²) in [6, 6.07) is 7.88. The van der Waals surface area contributed by atoms with Gasteiger partial charge in [-0.15, -0.1) is 11.3 Å². The maximum atomic E-state index is 5.57. The highest BCUT2D eigenvalue weighted by Crippen LogP contribution is 2.38. The topological polar surface area (TPSA) is 63.8 Å². The molecule has 21 heavy (non-hydrogen) atoms. The van der Waals surface area contributed by atoms with Crippen LogP contribution in [0.2, 0.25) is 0 Å². The lowest BCUT2D eigenvalue weighted by Gasteiger charge is -2.10. The Hall–Kier alpha value is -1.70. The number of rotatable bonds is 3. The van der Waals surface area contributed by atoms with Crippen LogP contribution in [0, 0.1) is 6.92 Å². The number of aryl methyl sites for hydroxylation is 1. The van der Waals surface area contributed by atoms with Gasteiger partial charge < -0.3 is 11.1 Å². The van der Waals surface area contributed by atoms with E-state index in [2.05, 4.69) is 27.6 Å². The Morgan fingerprint density at radius 1 is 1.33 bits per heavy atom. The molecule has 0 radical (unpaired) electrons. The van der Waals surface area contributed by atoms with Crippen molar-refractivity contribution in [2.24, 2.45) is 5.73 Å². The first kappa shape index (κ1) is 14.2. The van der Waals surface area contributed by atoms with Crippen LogP contribution in [-0.4, -0.2) is 15.1 Å². The quantitative estimate of drug-likeness (QED) is 0.562. The van der Waals surface area contributed by atoms with E-state index in [0.29, 0.717) is 0 Å². The molecule has 0 fully saturated rings. The van der Waals surface area contributed by atoms with E-state index in [1.165, 1.54) is 5.56 Å². The molecule has 0 aliphatic carbocycles. The number of fused-ring (bicyclic) bond motifs is 1. The van der Waals surface area contributed by atoms with E-state index in [1.54, 1.807) is 29.4 Å². The predicted molar refractivity (Wildman–Crippen MR) is 93.1 cm³/mol. The Morgan fingerprint density at radius 3 is 2.95 bits per heavy atom. The Kier molecular flexibility index (Phi) is 4.05. The van der Waals surface area contributed by atoms with Gasteiger partial charge in [0.1, 0.15) is 16.2 Å². The highest BCUT2D eigenvalue weighted by Gasteiger charge is 2.12. The standard InChI is InChI=1S/C14H12N4S3/c1-8-6-20-12-11(8)13(17-7-16-12)21-10-5-3-2-4-9(10)18-14(15)19/h2-7H,1H3,(H3,15,18,19). The van der Waals surface area contributed by atoms with Crippen molar-refractivity contribution >= 4 is 56.3 Å². The summed E-state index contributed by atoms with van der Waals surface area (Å²) in [4.78, 5) is 10.8. The third-order valence-corrected chi connectivity index (χ3v) is 5.06. The van der Waals surface area contributed by atoms with E-state index in [9.17, 15) is 0 Å². The van der Waals surface area contributed by atoms with Gasteiger partial charge in [-0.3, -0.25) is 0 Å². The molecule has 1 aromatic carbocycles. The molecule has 0 aliphatic heterocycles. The van der Waals surface area contributed by atoms with E-state index >= 15 is 0 Å². The first-order valence-electron chi connectivity index (χ1n) is 6.17. The SMILES string of the molecule is Cc1csc2ncnc(Sc3ccccc3NC(N)=S)c12. The molecule has 0 spiro atoms. The summed E-state index contributed by atoms with van der Waals surface area (Å²) in [7, 11) is 0. The number of thiophene rings is 1. The number of benzene rings is 1. The second-order valence-electron chi connectivity index (χ2n) is 4.37. The third-order valence-electron chi connectivity index (χ3n) is 2.87. The van der Waals surface area contributed by atoms with Crippen molar-refractivity contribution < 1.29 is 0 Å². The molecule has 0 saturated carbocycles. The summed E-state index contributed by atoms with van der Waals surface area (Å²) in [6.45, 7) is 2.07. The van der Waals surface area contributed by atoms with Gasteiger partial charge in [-0.25, -0.2) is 9.97 Å². The van der Waals surface area contributed by atoms with Crippen LogP contribution < -0.4 is 11.1 Å². The number of thiocarbonyl (C=S) groups is 1. The van der Waals surface area contributed by atoms with E-state index in [0.717, 1.165) is 25.8 Å². The van der Waals surface area contributed by atoms with E-state index in [1.807, 2.05) is 24.3 Å². The zero-order valence-electron chi connectivity index (χ0n) is 11.2. The molecule has 0 bridgehead atoms. The molecule has 3 rings (SSSR count). The summed E-state index contributed by atoms with van der Waals surface area (Å²) in [5.74, 6) is 0. The highest BCUT2D eigenvalue weighted by atomic mass is 32.2. The predicted octanol–water partition coefficient (Wildman–Crippen LogP) is 3.81. The van der Waals surface area contributed by atoms with Crippen LogP contribution >= 0.6 is 35.3 Å². The second-order valence-corrected chi connectivity index (χ2v) is 6.69. The summed E-state index contributed by atoms with van der Waals surface area (Å²) in [6.07, 6.45) is 1.60. The molecule has 3 N–H and O–H groups in total. The molecule has 4 nitrogen and oxygen atoms in total. The van der Waals surface area contributed by atoms with Crippen LogP contribution in [-0.2, 0) is 0 Å². The van der Waals surface area contributed by atoms with Gasteiger partial charge in [0.15, 0.2) is 5.11 Å². The molecule has 3 aromatic rings. The van der Waals surface area contributed by atoms with Crippen molar-refractivity contribution in [1.82, 2.24) is 9.97 Å². The van der Waals surface area contributed by atoms with Gasteiger partial charge in [-0.1, -0.05) is 23.9 Å². The van der Waals surface area contributed by atoms with Gasteiger partial charge in [-0.2, -0.15) is 0 Å². The van der Waals surface area contributed by atoms with Gasteiger partial charge in [0.2, 0.25) is 0 Å². The fraction of sp³-hybridized carbons (Fsp3) is 0.0714. The van der Waals surface area contributed by atoms with Crippen molar-refractivity contribution in [1.29, 1.82) is 0 Å². The molecule has 106 valence electrons. The second kappa shape index (κ2) is 5.97. The fourth-order valence-electron chi connectivity index (χ4n) is 1.96. The van der Waals surface area contributed by atoms with Crippen molar-refractivity contribution in [3.05, 3.63) is 41.5 Å². The van der Waals surface area contributed by atoms with Crippen LogP contribution in [0.5, 0.6) is 0 Å². The number of anilines is 1. The Balaban J connectivity index is 2.03. The van der Waals surface area contributed by atoms with Crippen molar-refractivity contribution in [2.45, 2.75) is 16.8 Å². The largest absolute Gasteiger partial charge is 0.376 e. The van der Waals surface area contributed by atoms with Gasteiger partial charge in [0.25, 0.3) is 0 Å². The van der Waals surface area contributed by atoms with E-state index in [4.69, 9.17) is 18.0 Å². The van der Waals surface area contributed by atoms with Crippen molar-refractivity contribution in [3.8, 4) is 0 Å². The Bertz CT molecular complexity index is 813. The van der Waals surface area contributed by atoms with Crippen LogP contribution in [0.1, 0.15) is 5.56 Å². The van der Waals surface area contributed by atoms with Crippen LogP contribution in [0.25, 0.3) is 10.2 Å². The first-order chi connectivity index (χ1) is 10.1. The summed E-state index contributed by atoms with van der Waals surface area (Å²) in [5.41, 5.74) is 7.65. The minimum absolute atomic E-state index is 0.252. The number of para-hydroxylation sites is 1. The molecule has 0 unspecified atom stereocenters. The van der Waals surface area contributed by atoms with E-state index < -0.39 is 0 Å². The molecule has 0 atom stereocenters. The number of aromatic nitrogens is 2. The number of nitrogens with two attached hydrogens (primary N) is 1.